The summed E-state index contributed by atoms with van der Waals surface area (Å²) in [5, 5.41) is 11.5. The Labute approximate surface area is 125 Å². The van der Waals surface area contributed by atoms with Crippen LogP contribution in [0.5, 0.6) is 0 Å². The molecule has 21 heavy (non-hydrogen) atoms. The summed E-state index contributed by atoms with van der Waals surface area (Å²) >= 11 is 0. The number of rotatable bonds is 5. The maximum Gasteiger partial charge on any atom is 0.231 e. The highest BCUT2D eigenvalue weighted by molar-refractivity contribution is 5.75. The Morgan fingerprint density at radius 1 is 1.38 bits per heavy atom. The molecule has 1 saturated heterocycles. The van der Waals surface area contributed by atoms with Crippen LogP contribution in [-0.2, 0) is 16.8 Å². The zero-order valence-electron chi connectivity index (χ0n) is 13.1. The number of nitrogens with zero attached hydrogens (tertiary/aromatic N) is 3. The van der Waals surface area contributed by atoms with E-state index in [2.05, 4.69) is 15.5 Å². The SMILES string of the molecule is CC(C)(C)c1nnc(CN(CC(N)=O)C2CCNCC2)o1. The normalized spacial score (nSPS) is 17.3. The molecule has 0 radical (unpaired) electrons. The van der Waals surface area contributed by atoms with Crippen LogP contribution in [0.2, 0.25) is 0 Å². The average molecular weight is 295 g/mol. The number of nitrogens with one attached hydrogen (secondary N) is 1. The van der Waals surface area contributed by atoms with Crippen LogP contribution in [0.25, 0.3) is 0 Å². The third-order valence-corrected chi connectivity index (χ3v) is 3.63. The van der Waals surface area contributed by atoms with E-state index in [0.717, 1.165) is 25.9 Å². The van der Waals surface area contributed by atoms with E-state index in [1.165, 1.54) is 0 Å². The van der Waals surface area contributed by atoms with Gasteiger partial charge in [0.15, 0.2) is 0 Å². The van der Waals surface area contributed by atoms with E-state index < -0.39 is 0 Å². The van der Waals surface area contributed by atoms with Crippen molar-refractivity contribution in [3.63, 3.8) is 0 Å². The summed E-state index contributed by atoms with van der Waals surface area (Å²) in [5.74, 6) is 0.825. The molecule has 1 aliphatic heterocycles. The molecule has 0 bridgehead atoms. The van der Waals surface area contributed by atoms with Crippen LogP contribution in [0.3, 0.4) is 0 Å². The van der Waals surface area contributed by atoms with Gasteiger partial charge in [-0.15, -0.1) is 10.2 Å². The molecule has 0 spiro atoms. The van der Waals surface area contributed by atoms with Gasteiger partial charge in [0.2, 0.25) is 17.7 Å². The van der Waals surface area contributed by atoms with E-state index in [-0.39, 0.29) is 17.9 Å². The Bertz CT molecular complexity index is 474. The minimum atomic E-state index is -0.330. The van der Waals surface area contributed by atoms with Gasteiger partial charge in [0, 0.05) is 11.5 Å². The minimum absolute atomic E-state index is 0.172. The molecule has 3 N–H and O–H groups in total. The molecule has 1 aliphatic rings. The summed E-state index contributed by atoms with van der Waals surface area (Å²) in [6, 6.07) is 0.323. The van der Waals surface area contributed by atoms with E-state index in [1.54, 1.807) is 0 Å². The van der Waals surface area contributed by atoms with Crippen molar-refractivity contribution in [2.24, 2.45) is 5.73 Å². The first-order chi connectivity index (χ1) is 9.86. The second-order valence-corrected chi connectivity index (χ2v) is 6.60. The number of hydrogen-bond acceptors (Lipinski definition) is 6. The predicted molar refractivity (Wildman–Crippen MR) is 78.5 cm³/mol. The fraction of sp³-hybridized carbons (Fsp3) is 0.786. The number of amides is 1. The molecule has 1 aromatic rings. The molecule has 0 atom stereocenters. The van der Waals surface area contributed by atoms with Gasteiger partial charge in [-0.2, -0.15) is 0 Å². The largest absolute Gasteiger partial charge is 0.423 e. The van der Waals surface area contributed by atoms with Crippen LogP contribution >= 0.6 is 0 Å². The van der Waals surface area contributed by atoms with Crippen molar-refractivity contribution in [1.29, 1.82) is 0 Å². The van der Waals surface area contributed by atoms with Gasteiger partial charge in [0.25, 0.3) is 0 Å². The Morgan fingerprint density at radius 2 is 2.05 bits per heavy atom. The summed E-state index contributed by atoms with van der Waals surface area (Å²) < 4.78 is 5.72. The van der Waals surface area contributed by atoms with Crippen molar-refractivity contribution < 1.29 is 9.21 Å². The zero-order chi connectivity index (χ0) is 15.5. The van der Waals surface area contributed by atoms with Crippen molar-refractivity contribution in [3.05, 3.63) is 11.8 Å². The summed E-state index contributed by atoms with van der Waals surface area (Å²) in [4.78, 5) is 13.4. The first-order valence-corrected chi connectivity index (χ1v) is 7.42. The highest BCUT2D eigenvalue weighted by Crippen LogP contribution is 2.21. The number of carbonyl (C=O) groups excluding carboxylic acids is 1. The second kappa shape index (κ2) is 6.53. The number of carbonyl (C=O) groups is 1. The Kier molecular flexibility index (Phi) is 4.95. The predicted octanol–water partition coefficient (Wildman–Crippen LogP) is 0.406. The van der Waals surface area contributed by atoms with E-state index in [0.29, 0.717) is 24.4 Å². The number of nitrogens with two attached hydrogens (primary N) is 1. The van der Waals surface area contributed by atoms with Gasteiger partial charge in [-0.3, -0.25) is 9.69 Å². The highest BCUT2D eigenvalue weighted by atomic mass is 16.4. The summed E-state index contributed by atoms with van der Waals surface area (Å²) in [6.45, 7) is 8.68. The van der Waals surface area contributed by atoms with Crippen molar-refractivity contribution >= 4 is 5.91 Å². The van der Waals surface area contributed by atoms with Crippen LogP contribution in [-0.4, -0.2) is 46.7 Å². The summed E-state index contributed by atoms with van der Waals surface area (Å²) in [5.41, 5.74) is 5.19. The van der Waals surface area contributed by atoms with Gasteiger partial charge in [-0.1, -0.05) is 20.8 Å². The van der Waals surface area contributed by atoms with E-state index in [4.69, 9.17) is 10.2 Å². The molecule has 0 aromatic carbocycles. The van der Waals surface area contributed by atoms with Crippen molar-refractivity contribution in [2.75, 3.05) is 19.6 Å². The Hall–Kier alpha value is -1.47. The van der Waals surface area contributed by atoms with Crippen LogP contribution < -0.4 is 11.1 Å². The lowest BCUT2D eigenvalue weighted by atomic mass is 9.97. The van der Waals surface area contributed by atoms with Gasteiger partial charge in [0.1, 0.15) is 0 Å². The molecule has 7 nitrogen and oxygen atoms in total. The Morgan fingerprint density at radius 3 is 2.57 bits per heavy atom. The molecular formula is C14H25N5O2. The van der Waals surface area contributed by atoms with Gasteiger partial charge >= 0.3 is 0 Å². The quantitative estimate of drug-likeness (QED) is 0.816. The first kappa shape index (κ1) is 15.9. The van der Waals surface area contributed by atoms with Gasteiger partial charge < -0.3 is 15.5 Å². The van der Waals surface area contributed by atoms with Crippen LogP contribution in [0.15, 0.2) is 4.42 Å². The third-order valence-electron chi connectivity index (χ3n) is 3.63. The molecule has 1 fully saturated rings. The number of hydrogen-bond donors (Lipinski definition) is 2. The number of primary amides is 1. The molecule has 0 aliphatic carbocycles. The van der Waals surface area contributed by atoms with Gasteiger partial charge in [-0.25, -0.2) is 0 Å². The smallest absolute Gasteiger partial charge is 0.231 e. The van der Waals surface area contributed by atoms with E-state index in [9.17, 15) is 4.79 Å². The minimum Gasteiger partial charge on any atom is -0.423 e. The molecule has 0 saturated carbocycles. The molecule has 2 rings (SSSR count). The first-order valence-electron chi connectivity index (χ1n) is 7.42. The van der Waals surface area contributed by atoms with Crippen molar-refractivity contribution in [2.45, 2.75) is 51.6 Å². The highest BCUT2D eigenvalue weighted by Gasteiger charge is 2.26. The van der Waals surface area contributed by atoms with Crippen molar-refractivity contribution in [3.8, 4) is 0 Å². The fourth-order valence-electron chi connectivity index (χ4n) is 2.48. The maximum absolute atomic E-state index is 11.3. The average Bonchev–Trinajstić information content (AvgIpc) is 2.87. The van der Waals surface area contributed by atoms with E-state index >= 15 is 0 Å². The molecule has 118 valence electrons. The van der Waals surface area contributed by atoms with Crippen LogP contribution in [0.4, 0.5) is 0 Å². The third kappa shape index (κ3) is 4.50. The topological polar surface area (TPSA) is 97.3 Å². The standard InChI is InChI=1S/C14H25N5O2/c1-14(2,3)13-18-17-12(21-13)9-19(8-11(15)20)10-4-6-16-7-5-10/h10,16H,4-9H2,1-3H3,(H2,15,20). The van der Waals surface area contributed by atoms with Crippen LogP contribution in [0.1, 0.15) is 45.4 Å². The lowest BCUT2D eigenvalue weighted by Crippen LogP contribution is -2.46. The Balaban J connectivity index is 2.07. The zero-order valence-corrected chi connectivity index (χ0v) is 13.1. The molecular weight excluding hydrogens is 270 g/mol. The second-order valence-electron chi connectivity index (χ2n) is 6.60. The molecule has 7 heteroatoms. The molecule has 1 aromatic heterocycles. The molecule has 1 amide bonds. The van der Waals surface area contributed by atoms with Crippen LogP contribution in [0, 0.1) is 0 Å². The van der Waals surface area contributed by atoms with E-state index in [1.807, 2.05) is 25.7 Å². The summed E-state index contributed by atoms with van der Waals surface area (Å²) in [7, 11) is 0. The van der Waals surface area contributed by atoms with Crippen molar-refractivity contribution in [1.82, 2.24) is 20.4 Å². The fourth-order valence-corrected chi connectivity index (χ4v) is 2.48. The monoisotopic (exact) mass is 295 g/mol. The summed E-state index contributed by atoms with van der Waals surface area (Å²) in [6.07, 6.45) is 1.99. The lowest BCUT2D eigenvalue weighted by Gasteiger charge is -2.32. The molecule has 0 unspecified atom stereocenters. The number of aromatic nitrogens is 2. The van der Waals surface area contributed by atoms with Gasteiger partial charge in [0.05, 0.1) is 13.1 Å². The van der Waals surface area contributed by atoms with Gasteiger partial charge in [-0.05, 0) is 25.9 Å². The number of piperidine rings is 1. The molecule has 2 heterocycles. The lowest BCUT2D eigenvalue weighted by molar-refractivity contribution is -0.120. The maximum atomic E-state index is 11.3.